The molecule has 0 unspecified atom stereocenters. The average molecular weight is 316 g/mol. The highest BCUT2D eigenvalue weighted by Gasteiger charge is 2.11. The van der Waals surface area contributed by atoms with Gasteiger partial charge in [-0.05, 0) is 47.0 Å². The molecule has 1 radical (unpaired) electrons. The van der Waals surface area contributed by atoms with Crippen molar-refractivity contribution in [3.05, 3.63) is 82.6 Å². The highest BCUT2D eigenvalue weighted by molar-refractivity contribution is 6.39. The molecule has 0 bridgehead atoms. The lowest BCUT2D eigenvalue weighted by Crippen LogP contribution is -1.85. The normalized spacial score (nSPS) is 10.6. The lowest BCUT2D eigenvalue weighted by Gasteiger charge is -2.10. The van der Waals surface area contributed by atoms with Gasteiger partial charge in [0.05, 0.1) is 10.0 Å². The molecule has 0 saturated heterocycles. The second kappa shape index (κ2) is 5.88. The summed E-state index contributed by atoms with van der Waals surface area (Å²) in [6, 6.07) is 20.3. The Morgan fingerprint density at radius 1 is 0.714 bits per heavy atom. The highest BCUT2D eigenvalue weighted by Crippen LogP contribution is 2.38. The second-order valence-corrected chi connectivity index (χ2v) is 5.42. The van der Waals surface area contributed by atoms with E-state index in [1.54, 1.807) is 12.1 Å². The van der Waals surface area contributed by atoms with Crippen molar-refractivity contribution < 1.29 is 4.39 Å². The summed E-state index contributed by atoms with van der Waals surface area (Å²) in [7, 11) is 0. The van der Waals surface area contributed by atoms with Crippen LogP contribution in [0, 0.1) is 11.9 Å². The van der Waals surface area contributed by atoms with E-state index >= 15 is 0 Å². The molecule has 0 atom stereocenters. The standard InChI is InChI=1S/C18H10Cl2F/c19-16-10-14(12-6-8-15(21)9-7-12)11-17(20)18(16)13-4-2-1-3-5-13/h2-11H. The molecule has 3 heteroatoms. The molecule has 0 aliphatic heterocycles. The van der Waals surface area contributed by atoms with E-state index in [0.717, 1.165) is 22.3 Å². The van der Waals surface area contributed by atoms with Crippen LogP contribution >= 0.6 is 23.2 Å². The van der Waals surface area contributed by atoms with Crippen molar-refractivity contribution in [2.24, 2.45) is 0 Å². The number of rotatable bonds is 2. The third kappa shape index (κ3) is 2.94. The van der Waals surface area contributed by atoms with E-state index in [1.807, 2.05) is 36.4 Å². The van der Waals surface area contributed by atoms with Gasteiger partial charge in [-0.1, -0.05) is 59.6 Å². The Morgan fingerprint density at radius 2 is 1.29 bits per heavy atom. The van der Waals surface area contributed by atoms with E-state index in [9.17, 15) is 4.39 Å². The van der Waals surface area contributed by atoms with Crippen molar-refractivity contribution in [1.82, 2.24) is 0 Å². The van der Waals surface area contributed by atoms with Crippen LogP contribution in [0.4, 0.5) is 4.39 Å². The van der Waals surface area contributed by atoms with E-state index in [-0.39, 0.29) is 5.82 Å². The predicted octanol–water partition coefficient (Wildman–Crippen LogP) is 6.27. The summed E-state index contributed by atoms with van der Waals surface area (Å²) in [6.45, 7) is 0. The molecule has 0 amide bonds. The molecular weight excluding hydrogens is 306 g/mol. The van der Waals surface area contributed by atoms with Gasteiger partial charge in [-0.15, -0.1) is 0 Å². The van der Waals surface area contributed by atoms with Crippen LogP contribution < -0.4 is 0 Å². The van der Waals surface area contributed by atoms with E-state index in [4.69, 9.17) is 23.2 Å². The molecule has 0 nitrogen and oxygen atoms in total. The van der Waals surface area contributed by atoms with Crippen LogP contribution in [0.1, 0.15) is 0 Å². The first-order valence-corrected chi connectivity index (χ1v) is 7.12. The monoisotopic (exact) mass is 315 g/mol. The van der Waals surface area contributed by atoms with Crippen LogP contribution in [0.5, 0.6) is 0 Å². The van der Waals surface area contributed by atoms with Gasteiger partial charge in [0.25, 0.3) is 0 Å². The zero-order chi connectivity index (χ0) is 14.8. The van der Waals surface area contributed by atoms with Crippen LogP contribution in [0.3, 0.4) is 0 Å². The Morgan fingerprint density at radius 3 is 1.86 bits per heavy atom. The maximum absolute atomic E-state index is 13.0. The molecule has 0 aliphatic carbocycles. The maximum atomic E-state index is 13.0. The summed E-state index contributed by atoms with van der Waals surface area (Å²) in [6.07, 6.45) is 0. The van der Waals surface area contributed by atoms with E-state index in [0.29, 0.717) is 10.0 Å². The fourth-order valence-electron chi connectivity index (χ4n) is 2.21. The van der Waals surface area contributed by atoms with Crippen LogP contribution in [0.25, 0.3) is 22.3 Å². The Bertz CT molecular complexity index is 742. The smallest absolute Gasteiger partial charge is 0.123 e. The third-order valence-corrected chi connectivity index (χ3v) is 3.82. The summed E-state index contributed by atoms with van der Waals surface area (Å²) in [5, 5.41) is 1.13. The summed E-state index contributed by atoms with van der Waals surface area (Å²) >= 11 is 12.8. The Hall–Kier alpha value is -1.83. The SMILES string of the molecule is Fc1ccc(-c2cc(Cl)c(-c3cc[c]cc3)c(Cl)c2)cc1. The molecule has 0 saturated carbocycles. The topological polar surface area (TPSA) is 0 Å². The predicted molar refractivity (Wildman–Crippen MR) is 86.1 cm³/mol. The average Bonchev–Trinajstić information content (AvgIpc) is 2.48. The van der Waals surface area contributed by atoms with Crippen LogP contribution in [0.2, 0.25) is 10.0 Å². The Labute approximate surface area is 132 Å². The molecule has 0 aliphatic rings. The van der Waals surface area contributed by atoms with Gasteiger partial charge in [-0.3, -0.25) is 0 Å². The van der Waals surface area contributed by atoms with Gasteiger partial charge >= 0.3 is 0 Å². The molecule has 0 spiro atoms. The fraction of sp³-hybridized carbons (Fsp3) is 0. The second-order valence-electron chi connectivity index (χ2n) is 4.61. The Kier molecular flexibility index (Phi) is 3.96. The third-order valence-electron chi connectivity index (χ3n) is 3.23. The first-order valence-electron chi connectivity index (χ1n) is 6.36. The Balaban J connectivity index is 2.10. The summed E-state index contributed by atoms with van der Waals surface area (Å²) in [4.78, 5) is 0. The molecule has 3 rings (SSSR count). The van der Waals surface area contributed by atoms with E-state index < -0.39 is 0 Å². The van der Waals surface area contributed by atoms with Crippen molar-refractivity contribution in [2.45, 2.75) is 0 Å². The summed E-state index contributed by atoms with van der Waals surface area (Å²) < 4.78 is 13.0. The van der Waals surface area contributed by atoms with Crippen molar-refractivity contribution in [2.75, 3.05) is 0 Å². The number of benzene rings is 3. The van der Waals surface area contributed by atoms with Crippen LogP contribution in [-0.4, -0.2) is 0 Å². The number of halogens is 3. The molecule has 103 valence electrons. The molecular formula is C18H10Cl2F. The van der Waals surface area contributed by atoms with Crippen LogP contribution in [0.15, 0.2) is 60.7 Å². The molecule has 0 aromatic heterocycles. The molecule has 21 heavy (non-hydrogen) atoms. The fourth-order valence-corrected chi connectivity index (χ4v) is 2.92. The van der Waals surface area contributed by atoms with Gasteiger partial charge in [-0.25, -0.2) is 4.39 Å². The van der Waals surface area contributed by atoms with E-state index in [2.05, 4.69) is 6.07 Å². The van der Waals surface area contributed by atoms with Crippen molar-refractivity contribution in [3.8, 4) is 22.3 Å². The van der Waals surface area contributed by atoms with Gasteiger partial charge in [0.15, 0.2) is 0 Å². The van der Waals surface area contributed by atoms with Crippen molar-refractivity contribution in [1.29, 1.82) is 0 Å². The first kappa shape index (κ1) is 14.1. The number of hydrogen-bond donors (Lipinski definition) is 0. The molecule has 3 aromatic carbocycles. The lowest BCUT2D eigenvalue weighted by molar-refractivity contribution is 0.628. The van der Waals surface area contributed by atoms with Gasteiger partial charge in [-0.2, -0.15) is 0 Å². The van der Waals surface area contributed by atoms with Crippen LogP contribution in [-0.2, 0) is 0 Å². The molecule has 3 aromatic rings. The molecule has 0 N–H and O–H groups in total. The molecule has 0 fully saturated rings. The highest BCUT2D eigenvalue weighted by atomic mass is 35.5. The lowest BCUT2D eigenvalue weighted by atomic mass is 10.00. The van der Waals surface area contributed by atoms with Crippen molar-refractivity contribution in [3.63, 3.8) is 0 Å². The minimum Gasteiger partial charge on any atom is -0.207 e. The maximum Gasteiger partial charge on any atom is 0.123 e. The minimum absolute atomic E-state index is 0.270. The van der Waals surface area contributed by atoms with Gasteiger partial charge in [0.1, 0.15) is 5.82 Å². The number of hydrogen-bond acceptors (Lipinski definition) is 0. The van der Waals surface area contributed by atoms with Gasteiger partial charge in [0, 0.05) is 5.56 Å². The quantitative estimate of drug-likeness (QED) is 0.523. The summed E-state index contributed by atoms with van der Waals surface area (Å²) in [5.41, 5.74) is 3.46. The largest absolute Gasteiger partial charge is 0.207 e. The van der Waals surface area contributed by atoms with Crippen molar-refractivity contribution >= 4 is 23.2 Å². The van der Waals surface area contributed by atoms with Gasteiger partial charge in [0.2, 0.25) is 0 Å². The summed E-state index contributed by atoms with van der Waals surface area (Å²) in [5.74, 6) is -0.270. The minimum atomic E-state index is -0.270. The first-order chi connectivity index (χ1) is 10.1. The zero-order valence-electron chi connectivity index (χ0n) is 10.9. The van der Waals surface area contributed by atoms with Gasteiger partial charge < -0.3 is 0 Å². The molecule has 0 heterocycles. The zero-order valence-corrected chi connectivity index (χ0v) is 12.4. The van der Waals surface area contributed by atoms with E-state index in [1.165, 1.54) is 12.1 Å².